The van der Waals surface area contributed by atoms with Crippen molar-refractivity contribution < 1.29 is 0 Å². The predicted molar refractivity (Wildman–Crippen MR) is 81.8 cm³/mol. The summed E-state index contributed by atoms with van der Waals surface area (Å²) >= 11 is 5.99. The van der Waals surface area contributed by atoms with Crippen molar-refractivity contribution in [3.05, 3.63) is 57.0 Å². The maximum atomic E-state index is 11.8. The van der Waals surface area contributed by atoms with Crippen LogP contribution in [0, 0.1) is 6.92 Å². The Labute approximate surface area is 125 Å². The average Bonchev–Trinajstić information content (AvgIpc) is 2.81. The smallest absolute Gasteiger partial charge is 0.274 e. The zero-order chi connectivity index (χ0) is 15.0. The Morgan fingerprint density at radius 2 is 2.14 bits per heavy atom. The third-order valence-electron chi connectivity index (χ3n) is 3.16. The summed E-state index contributed by atoms with van der Waals surface area (Å²) in [5.74, 6) is 0.832. The van der Waals surface area contributed by atoms with E-state index < -0.39 is 0 Å². The molecule has 2 N–H and O–H groups in total. The topological polar surface area (TPSA) is 75.1 Å². The number of rotatable bonds is 3. The zero-order valence-electron chi connectivity index (χ0n) is 11.6. The van der Waals surface area contributed by atoms with Crippen LogP contribution < -0.4 is 10.9 Å². The molecule has 2 aromatic heterocycles. The summed E-state index contributed by atoms with van der Waals surface area (Å²) in [6.07, 6.45) is 0. The Bertz CT molecular complexity index is 854. The van der Waals surface area contributed by atoms with Crippen LogP contribution in [0.3, 0.4) is 0 Å². The first-order chi connectivity index (χ1) is 10.0. The molecule has 3 rings (SSSR count). The molecule has 108 valence electrons. The first kappa shape index (κ1) is 13.6. The molecule has 0 amide bonds. The van der Waals surface area contributed by atoms with E-state index in [0.717, 1.165) is 5.56 Å². The Balaban J connectivity index is 1.91. The van der Waals surface area contributed by atoms with Crippen molar-refractivity contribution >= 4 is 23.3 Å². The zero-order valence-corrected chi connectivity index (χ0v) is 12.3. The first-order valence-electron chi connectivity index (χ1n) is 6.51. The SMILES string of the molecule is Cc1cc(=O)n2[nH]c(N[C@H](C)c3cccc(Cl)c3)nc2n1. The molecule has 6 nitrogen and oxygen atoms in total. The minimum Gasteiger partial charge on any atom is -0.348 e. The van der Waals surface area contributed by atoms with Crippen LogP contribution in [-0.4, -0.2) is 19.6 Å². The van der Waals surface area contributed by atoms with Gasteiger partial charge in [0.25, 0.3) is 11.3 Å². The first-order valence-corrected chi connectivity index (χ1v) is 6.89. The van der Waals surface area contributed by atoms with Crippen LogP contribution in [0.4, 0.5) is 5.95 Å². The van der Waals surface area contributed by atoms with E-state index in [1.165, 1.54) is 10.6 Å². The lowest BCUT2D eigenvalue weighted by Crippen LogP contribution is -2.15. The van der Waals surface area contributed by atoms with Crippen LogP contribution in [-0.2, 0) is 0 Å². The summed E-state index contributed by atoms with van der Waals surface area (Å²) in [5.41, 5.74) is 1.48. The Morgan fingerprint density at radius 1 is 1.33 bits per heavy atom. The number of hydrogen-bond donors (Lipinski definition) is 2. The van der Waals surface area contributed by atoms with Gasteiger partial charge in [0.15, 0.2) is 0 Å². The number of benzene rings is 1. The molecule has 7 heteroatoms. The summed E-state index contributed by atoms with van der Waals surface area (Å²) in [6.45, 7) is 3.75. The van der Waals surface area contributed by atoms with Gasteiger partial charge >= 0.3 is 0 Å². The van der Waals surface area contributed by atoms with Gasteiger partial charge in [-0.15, -0.1) is 0 Å². The van der Waals surface area contributed by atoms with Crippen molar-refractivity contribution in [1.82, 2.24) is 19.6 Å². The molecule has 0 unspecified atom stereocenters. The number of nitrogens with one attached hydrogen (secondary N) is 2. The molecule has 0 spiro atoms. The molecule has 0 aliphatic rings. The molecule has 0 aliphatic carbocycles. The van der Waals surface area contributed by atoms with E-state index in [1.54, 1.807) is 6.92 Å². The second-order valence-electron chi connectivity index (χ2n) is 4.86. The summed E-state index contributed by atoms with van der Waals surface area (Å²) < 4.78 is 1.31. The van der Waals surface area contributed by atoms with E-state index in [1.807, 2.05) is 31.2 Å². The van der Waals surface area contributed by atoms with Crippen molar-refractivity contribution in [2.24, 2.45) is 0 Å². The van der Waals surface area contributed by atoms with Gasteiger partial charge in [0.2, 0.25) is 5.95 Å². The highest BCUT2D eigenvalue weighted by atomic mass is 35.5. The Kier molecular flexibility index (Phi) is 3.39. The fourth-order valence-electron chi connectivity index (χ4n) is 2.12. The number of H-pyrrole nitrogens is 1. The second-order valence-corrected chi connectivity index (χ2v) is 5.30. The van der Waals surface area contributed by atoms with Crippen LogP contribution in [0.1, 0.15) is 24.2 Å². The highest BCUT2D eigenvalue weighted by Crippen LogP contribution is 2.20. The minimum absolute atomic E-state index is 0.0129. The lowest BCUT2D eigenvalue weighted by Gasteiger charge is -2.13. The molecule has 0 radical (unpaired) electrons. The van der Waals surface area contributed by atoms with Gasteiger partial charge in [-0.1, -0.05) is 23.7 Å². The van der Waals surface area contributed by atoms with Gasteiger partial charge in [0, 0.05) is 16.8 Å². The number of nitrogens with zero attached hydrogens (tertiary/aromatic N) is 3. The van der Waals surface area contributed by atoms with E-state index in [4.69, 9.17) is 11.6 Å². The minimum atomic E-state index is -0.187. The molecule has 0 fully saturated rings. The highest BCUT2D eigenvalue weighted by molar-refractivity contribution is 6.30. The van der Waals surface area contributed by atoms with Crippen LogP contribution >= 0.6 is 11.6 Å². The van der Waals surface area contributed by atoms with Crippen LogP contribution in [0.25, 0.3) is 5.78 Å². The monoisotopic (exact) mass is 303 g/mol. The number of anilines is 1. The molecule has 21 heavy (non-hydrogen) atoms. The van der Waals surface area contributed by atoms with Crippen LogP contribution in [0.2, 0.25) is 5.02 Å². The van der Waals surface area contributed by atoms with Gasteiger partial charge in [-0.25, -0.2) is 4.98 Å². The maximum absolute atomic E-state index is 11.8. The van der Waals surface area contributed by atoms with Crippen LogP contribution in [0.5, 0.6) is 0 Å². The molecule has 0 aliphatic heterocycles. The summed E-state index contributed by atoms with van der Waals surface area (Å²) in [4.78, 5) is 20.3. The molecule has 1 atom stereocenters. The number of hydrogen-bond acceptors (Lipinski definition) is 4. The molecule has 0 saturated carbocycles. The van der Waals surface area contributed by atoms with Crippen molar-refractivity contribution in [3.63, 3.8) is 0 Å². The van der Waals surface area contributed by atoms with Crippen LogP contribution in [0.15, 0.2) is 35.1 Å². The molecular formula is C14H14ClN5O. The van der Waals surface area contributed by atoms with Gasteiger partial charge in [-0.05, 0) is 31.5 Å². The third kappa shape index (κ3) is 2.75. The highest BCUT2D eigenvalue weighted by Gasteiger charge is 2.10. The molecule has 2 heterocycles. The molecule has 0 bridgehead atoms. The summed E-state index contributed by atoms with van der Waals surface area (Å²) in [6, 6.07) is 9.02. The quantitative estimate of drug-likeness (QED) is 0.780. The molecule has 1 aromatic carbocycles. The van der Waals surface area contributed by atoms with Crippen molar-refractivity contribution in [3.8, 4) is 0 Å². The summed E-state index contributed by atoms with van der Waals surface area (Å²) in [5, 5.41) is 6.77. The number of halogens is 1. The van der Waals surface area contributed by atoms with E-state index in [2.05, 4.69) is 20.4 Å². The lowest BCUT2D eigenvalue weighted by molar-refractivity contribution is 0.842. The Hall–Kier alpha value is -2.34. The van der Waals surface area contributed by atoms with E-state index >= 15 is 0 Å². The maximum Gasteiger partial charge on any atom is 0.274 e. The summed E-state index contributed by atoms with van der Waals surface area (Å²) in [7, 11) is 0. The molecular weight excluding hydrogens is 290 g/mol. The number of fused-ring (bicyclic) bond motifs is 1. The van der Waals surface area contributed by atoms with Gasteiger partial charge in [-0.3, -0.25) is 9.89 Å². The largest absolute Gasteiger partial charge is 0.348 e. The van der Waals surface area contributed by atoms with Gasteiger partial charge in [0.1, 0.15) is 0 Å². The third-order valence-corrected chi connectivity index (χ3v) is 3.40. The number of aromatic nitrogens is 4. The van der Waals surface area contributed by atoms with Crippen molar-refractivity contribution in [2.75, 3.05) is 5.32 Å². The molecule has 0 saturated heterocycles. The number of aromatic amines is 1. The van der Waals surface area contributed by atoms with E-state index in [0.29, 0.717) is 22.4 Å². The Morgan fingerprint density at radius 3 is 2.90 bits per heavy atom. The van der Waals surface area contributed by atoms with Crippen molar-refractivity contribution in [2.45, 2.75) is 19.9 Å². The predicted octanol–water partition coefficient (Wildman–Crippen LogP) is 2.55. The number of aryl methyl sites for hydroxylation is 1. The van der Waals surface area contributed by atoms with Gasteiger partial charge < -0.3 is 5.32 Å². The average molecular weight is 304 g/mol. The van der Waals surface area contributed by atoms with Crippen molar-refractivity contribution in [1.29, 1.82) is 0 Å². The fourth-order valence-corrected chi connectivity index (χ4v) is 2.32. The van der Waals surface area contributed by atoms with Gasteiger partial charge in [-0.2, -0.15) is 9.50 Å². The van der Waals surface area contributed by atoms with E-state index in [9.17, 15) is 4.79 Å². The normalized spacial score (nSPS) is 12.5. The lowest BCUT2D eigenvalue weighted by atomic mass is 10.1. The molecule has 3 aromatic rings. The second kappa shape index (κ2) is 5.21. The standard InChI is InChI=1S/C14H14ClN5O/c1-8-6-12(21)20-14(16-8)18-13(19-20)17-9(2)10-4-3-5-11(15)7-10/h3-7,9H,1-2H3,(H2,16,17,18,19)/t9-/m1/s1. The van der Waals surface area contributed by atoms with Gasteiger partial charge in [0.05, 0.1) is 6.04 Å². The van der Waals surface area contributed by atoms with E-state index in [-0.39, 0.29) is 11.6 Å². The fraction of sp³-hybridized carbons (Fsp3) is 0.214.